The Labute approximate surface area is 79.5 Å². The van der Waals surface area contributed by atoms with E-state index in [1.54, 1.807) is 0 Å². The van der Waals surface area contributed by atoms with Crippen LogP contribution in [0.2, 0.25) is 0 Å². The number of hydrogen-bond acceptors (Lipinski definition) is 2. The van der Waals surface area contributed by atoms with Gasteiger partial charge in [0.15, 0.2) is 7.98 Å². The molecule has 0 aromatic carbocycles. The Hall–Kier alpha value is -0.505. The zero-order chi connectivity index (χ0) is 9.47. The highest BCUT2D eigenvalue weighted by Gasteiger charge is 2.45. The van der Waals surface area contributed by atoms with Gasteiger partial charge in [-0.2, -0.15) is 0 Å². The first-order valence-corrected chi connectivity index (χ1v) is 4.87. The molecule has 0 aromatic heterocycles. The second kappa shape index (κ2) is 3.01. The molecule has 2 fully saturated rings. The van der Waals surface area contributed by atoms with Gasteiger partial charge in [-0.3, -0.25) is 4.79 Å². The Balaban J connectivity index is 2.09. The Morgan fingerprint density at radius 2 is 2.08 bits per heavy atom. The van der Waals surface area contributed by atoms with Crippen LogP contribution in [-0.4, -0.2) is 36.5 Å². The molecule has 70 valence electrons. The van der Waals surface area contributed by atoms with Gasteiger partial charge in [0.25, 0.3) is 0 Å². The summed E-state index contributed by atoms with van der Waals surface area (Å²) in [5.74, 6) is -0.772. The molecule has 1 saturated carbocycles. The Morgan fingerprint density at radius 1 is 1.46 bits per heavy atom. The maximum Gasteiger partial charge on any atom is 0.319 e. The quantitative estimate of drug-likeness (QED) is 0.605. The van der Waals surface area contributed by atoms with E-state index < -0.39 is 12.0 Å². The smallest absolute Gasteiger partial charge is 0.319 e. The van der Waals surface area contributed by atoms with E-state index in [1.807, 2.05) is 0 Å². The van der Waals surface area contributed by atoms with Crippen LogP contribution in [0.3, 0.4) is 0 Å². The first kappa shape index (κ1) is 9.07. The van der Waals surface area contributed by atoms with Crippen LogP contribution in [0.4, 0.5) is 0 Å². The van der Waals surface area contributed by atoms with E-state index in [1.165, 1.54) is 17.7 Å². The number of carboxylic acids is 1. The van der Waals surface area contributed by atoms with Gasteiger partial charge in [0.05, 0.1) is 6.04 Å². The van der Waals surface area contributed by atoms with Crippen molar-refractivity contribution in [2.75, 3.05) is 6.54 Å². The van der Waals surface area contributed by atoms with E-state index in [0.717, 1.165) is 25.8 Å². The molecule has 13 heavy (non-hydrogen) atoms. The molecule has 2 aliphatic rings. The molecule has 1 saturated heterocycles. The summed E-state index contributed by atoms with van der Waals surface area (Å²) in [5, 5.41) is 8.91. The van der Waals surface area contributed by atoms with Gasteiger partial charge in [-0.05, 0) is 31.2 Å². The standard InChI is InChI=1S/C9H14BNO2/c10-11-6-9(3-1-2-4-9)5-7(11)8(12)13/h7H,1-6H2,(H,12,13). The van der Waals surface area contributed by atoms with E-state index in [-0.39, 0.29) is 5.41 Å². The lowest BCUT2D eigenvalue weighted by atomic mass is 9.84. The molecule has 4 heteroatoms. The molecule has 2 rings (SSSR count). The molecule has 3 nitrogen and oxygen atoms in total. The zero-order valence-electron chi connectivity index (χ0n) is 7.70. The fraction of sp³-hybridized carbons (Fsp3) is 0.889. The van der Waals surface area contributed by atoms with E-state index in [4.69, 9.17) is 13.1 Å². The molecular formula is C9H14BNO2. The number of nitrogens with zero attached hydrogens (tertiary/aromatic N) is 1. The van der Waals surface area contributed by atoms with Crippen molar-refractivity contribution >= 4 is 14.0 Å². The van der Waals surface area contributed by atoms with Gasteiger partial charge in [0.2, 0.25) is 0 Å². The fourth-order valence-corrected chi connectivity index (χ4v) is 2.81. The molecule has 1 aliphatic carbocycles. The highest BCUT2D eigenvalue weighted by atomic mass is 16.4. The first-order chi connectivity index (χ1) is 6.13. The summed E-state index contributed by atoms with van der Waals surface area (Å²) < 4.78 is 0. The number of hydrogen-bond donors (Lipinski definition) is 1. The molecule has 1 N–H and O–H groups in total. The van der Waals surface area contributed by atoms with Crippen LogP contribution < -0.4 is 0 Å². The van der Waals surface area contributed by atoms with Crippen molar-refractivity contribution in [1.29, 1.82) is 0 Å². The number of aliphatic carboxylic acids is 1. The van der Waals surface area contributed by atoms with Gasteiger partial charge in [0.1, 0.15) is 0 Å². The van der Waals surface area contributed by atoms with Crippen LogP contribution in [0, 0.1) is 5.41 Å². The van der Waals surface area contributed by atoms with Crippen LogP contribution >= 0.6 is 0 Å². The fourth-order valence-electron chi connectivity index (χ4n) is 2.81. The molecule has 1 atom stereocenters. The second-order valence-electron chi connectivity index (χ2n) is 4.44. The molecule has 0 amide bonds. The molecular weight excluding hydrogens is 165 g/mol. The third-order valence-corrected chi connectivity index (χ3v) is 3.49. The summed E-state index contributed by atoms with van der Waals surface area (Å²) in [7, 11) is 5.69. The lowest BCUT2D eigenvalue weighted by Crippen LogP contribution is -2.33. The molecule has 2 radical (unpaired) electrons. The van der Waals surface area contributed by atoms with Gasteiger partial charge in [0, 0.05) is 0 Å². The summed E-state index contributed by atoms with van der Waals surface area (Å²) in [6.07, 6.45) is 5.54. The molecule has 1 unspecified atom stereocenters. The monoisotopic (exact) mass is 179 g/mol. The molecule has 1 aliphatic heterocycles. The largest absolute Gasteiger partial charge is 0.480 e. The lowest BCUT2D eigenvalue weighted by molar-refractivity contribution is -0.140. The summed E-state index contributed by atoms with van der Waals surface area (Å²) in [4.78, 5) is 12.3. The summed E-state index contributed by atoms with van der Waals surface area (Å²) in [6, 6.07) is -0.446. The highest BCUT2D eigenvalue weighted by molar-refractivity contribution is 6.06. The average Bonchev–Trinajstić information content (AvgIpc) is 2.60. The van der Waals surface area contributed by atoms with E-state index in [0.29, 0.717) is 0 Å². The molecule has 0 aromatic rings. The van der Waals surface area contributed by atoms with Gasteiger partial charge in [-0.1, -0.05) is 12.8 Å². The minimum atomic E-state index is -0.772. The van der Waals surface area contributed by atoms with Crippen molar-refractivity contribution in [2.45, 2.75) is 38.1 Å². The summed E-state index contributed by atoms with van der Waals surface area (Å²) in [5.41, 5.74) is 0.234. The zero-order valence-corrected chi connectivity index (χ0v) is 7.70. The van der Waals surface area contributed by atoms with Crippen LogP contribution in [0.1, 0.15) is 32.1 Å². The number of carbonyl (C=O) groups is 1. The minimum Gasteiger partial charge on any atom is -0.480 e. The maximum atomic E-state index is 10.8. The van der Waals surface area contributed by atoms with Crippen LogP contribution in [0.15, 0.2) is 0 Å². The van der Waals surface area contributed by atoms with Crippen LogP contribution in [0.25, 0.3) is 0 Å². The number of carboxylic acid groups (broad SMARTS) is 1. The topological polar surface area (TPSA) is 40.5 Å². The highest BCUT2D eigenvalue weighted by Crippen LogP contribution is 2.46. The predicted octanol–water partition coefficient (Wildman–Crippen LogP) is 0.789. The van der Waals surface area contributed by atoms with Crippen molar-refractivity contribution < 1.29 is 9.90 Å². The minimum absolute atomic E-state index is 0.234. The van der Waals surface area contributed by atoms with Crippen molar-refractivity contribution in [2.24, 2.45) is 5.41 Å². The predicted molar refractivity (Wildman–Crippen MR) is 49.4 cm³/mol. The van der Waals surface area contributed by atoms with Crippen molar-refractivity contribution in [3.8, 4) is 0 Å². The average molecular weight is 179 g/mol. The van der Waals surface area contributed by atoms with Crippen molar-refractivity contribution in [1.82, 2.24) is 4.81 Å². The van der Waals surface area contributed by atoms with Gasteiger partial charge in [-0.15, -0.1) is 0 Å². The molecule has 0 bridgehead atoms. The van der Waals surface area contributed by atoms with Gasteiger partial charge >= 0.3 is 5.97 Å². The van der Waals surface area contributed by atoms with E-state index in [2.05, 4.69) is 0 Å². The molecule has 1 heterocycles. The Bertz CT molecular complexity index is 226. The van der Waals surface area contributed by atoms with E-state index in [9.17, 15) is 4.79 Å². The lowest BCUT2D eigenvalue weighted by Gasteiger charge is -2.21. The Kier molecular flexibility index (Phi) is 2.10. The third-order valence-electron chi connectivity index (χ3n) is 3.49. The second-order valence-corrected chi connectivity index (χ2v) is 4.44. The van der Waals surface area contributed by atoms with Crippen LogP contribution in [0.5, 0.6) is 0 Å². The van der Waals surface area contributed by atoms with Gasteiger partial charge < -0.3 is 9.92 Å². The Morgan fingerprint density at radius 3 is 2.54 bits per heavy atom. The van der Waals surface area contributed by atoms with Crippen molar-refractivity contribution in [3.63, 3.8) is 0 Å². The number of rotatable bonds is 1. The third kappa shape index (κ3) is 1.48. The SMILES string of the molecule is [B]N1CC2(CCCC2)CC1C(=O)O. The maximum absolute atomic E-state index is 10.8. The van der Waals surface area contributed by atoms with Crippen LogP contribution in [-0.2, 0) is 4.79 Å². The van der Waals surface area contributed by atoms with Crippen molar-refractivity contribution in [3.05, 3.63) is 0 Å². The molecule has 1 spiro atoms. The first-order valence-electron chi connectivity index (χ1n) is 4.87. The van der Waals surface area contributed by atoms with Gasteiger partial charge in [-0.25, -0.2) is 0 Å². The summed E-state index contributed by atoms with van der Waals surface area (Å²) >= 11 is 0. The normalized spacial score (nSPS) is 32.8. The summed E-state index contributed by atoms with van der Waals surface area (Å²) in [6.45, 7) is 0.768. The van der Waals surface area contributed by atoms with E-state index >= 15 is 0 Å².